The molecule has 1 saturated carbocycles. The lowest BCUT2D eigenvalue weighted by atomic mass is 9.65. The zero-order valence-electron chi connectivity index (χ0n) is 17.6. The van der Waals surface area contributed by atoms with Gasteiger partial charge < -0.3 is 9.32 Å². The number of halogens is 1. The van der Waals surface area contributed by atoms with E-state index in [2.05, 4.69) is 25.7 Å². The molecule has 2 aliphatic rings. The van der Waals surface area contributed by atoms with Crippen LogP contribution in [0.25, 0.3) is 17.1 Å². The van der Waals surface area contributed by atoms with Crippen molar-refractivity contribution in [3.05, 3.63) is 59.4 Å². The molecule has 1 aliphatic carbocycles. The van der Waals surface area contributed by atoms with Gasteiger partial charge in [0.05, 0.1) is 17.0 Å². The van der Waals surface area contributed by atoms with E-state index in [1.54, 1.807) is 10.9 Å². The molecular weight excluding hydrogens is 398 g/mol. The van der Waals surface area contributed by atoms with Crippen LogP contribution in [0.3, 0.4) is 0 Å². The number of carbonyl (C=O) groups excluding carboxylic acids is 1. The van der Waals surface area contributed by atoms with E-state index in [0.29, 0.717) is 27.9 Å². The zero-order chi connectivity index (χ0) is 21.1. The second-order valence-electron chi connectivity index (χ2n) is 9.90. The Morgan fingerprint density at radius 1 is 1.17 bits per heavy atom. The molecule has 1 aliphatic heterocycles. The Bertz CT molecular complexity index is 1100. The van der Waals surface area contributed by atoms with Gasteiger partial charge in [-0.1, -0.05) is 44.5 Å². The van der Waals surface area contributed by atoms with E-state index < -0.39 is 0 Å². The van der Waals surface area contributed by atoms with E-state index in [1.807, 2.05) is 42.5 Å². The van der Waals surface area contributed by atoms with Crippen LogP contribution in [0.5, 0.6) is 0 Å². The number of para-hydroxylation sites is 1. The molecule has 2 atom stereocenters. The number of amides is 1. The van der Waals surface area contributed by atoms with Crippen LogP contribution >= 0.6 is 11.6 Å². The third kappa shape index (κ3) is 3.25. The van der Waals surface area contributed by atoms with Gasteiger partial charge in [-0.05, 0) is 54.4 Å². The predicted molar refractivity (Wildman–Crippen MR) is 117 cm³/mol. The summed E-state index contributed by atoms with van der Waals surface area (Å²) in [6, 6.07) is 13.2. The molecule has 1 aromatic carbocycles. The van der Waals surface area contributed by atoms with Crippen molar-refractivity contribution in [1.82, 2.24) is 14.7 Å². The van der Waals surface area contributed by atoms with Gasteiger partial charge in [-0.2, -0.15) is 5.10 Å². The molecule has 156 valence electrons. The molecule has 1 amide bonds. The number of furan rings is 1. The van der Waals surface area contributed by atoms with Gasteiger partial charge in [-0.15, -0.1) is 0 Å². The second kappa shape index (κ2) is 6.74. The number of rotatable bonds is 3. The van der Waals surface area contributed by atoms with Gasteiger partial charge in [0.15, 0.2) is 5.76 Å². The van der Waals surface area contributed by atoms with Crippen LogP contribution < -0.4 is 0 Å². The van der Waals surface area contributed by atoms with Gasteiger partial charge >= 0.3 is 0 Å². The molecule has 2 aromatic heterocycles. The van der Waals surface area contributed by atoms with Crippen LogP contribution in [-0.4, -0.2) is 33.2 Å². The van der Waals surface area contributed by atoms with Crippen LogP contribution in [-0.2, 0) is 0 Å². The van der Waals surface area contributed by atoms with Gasteiger partial charge in [0.25, 0.3) is 5.91 Å². The first-order valence-corrected chi connectivity index (χ1v) is 10.8. The van der Waals surface area contributed by atoms with Crippen molar-refractivity contribution in [2.24, 2.45) is 10.8 Å². The molecule has 5 nitrogen and oxygen atoms in total. The fraction of sp³-hybridized carbons (Fsp3) is 0.417. The van der Waals surface area contributed by atoms with Crippen molar-refractivity contribution in [1.29, 1.82) is 0 Å². The molecule has 6 heteroatoms. The summed E-state index contributed by atoms with van der Waals surface area (Å²) in [7, 11) is 0. The van der Waals surface area contributed by atoms with Crippen molar-refractivity contribution in [3.8, 4) is 17.1 Å². The summed E-state index contributed by atoms with van der Waals surface area (Å²) >= 11 is 6.47. The summed E-state index contributed by atoms with van der Waals surface area (Å²) in [5.74, 6) is 0.634. The van der Waals surface area contributed by atoms with Gasteiger partial charge in [0.2, 0.25) is 0 Å². The van der Waals surface area contributed by atoms with E-state index in [1.165, 1.54) is 0 Å². The highest BCUT2D eigenvalue weighted by molar-refractivity contribution is 6.32. The van der Waals surface area contributed by atoms with Gasteiger partial charge in [-0.3, -0.25) is 4.79 Å². The third-order valence-electron chi connectivity index (χ3n) is 6.46. The molecule has 0 spiro atoms. The lowest BCUT2D eigenvalue weighted by molar-refractivity contribution is 0.0699. The van der Waals surface area contributed by atoms with Gasteiger partial charge in [0.1, 0.15) is 11.4 Å². The van der Waals surface area contributed by atoms with Crippen molar-refractivity contribution in [3.63, 3.8) is 0 Å². The maximum absolute atomic E-state index is 13.8. The third-order valence-corrected chi connectivity index (χ3v) is 6.78. The number of benzene rings is 1. The highest BCUT2D eigenvalue weighted by atomic mass is 35.5. The number of nitrogens with zero attached hydrogens (tertiary/aromatic N) is 3. The summed E-state index contributed by atoms with van der Waals surface area (Å²) in [6.07, 6.45) is 4.84. The molecule has 3 heterocycles. The summed E-state index contributed by atoms with van der Waals surface area (Å²) in [6.45, 7) is 7.72. The van der Waals surface area contributed by atoms with E-state index in [9.17, 15) is 4.79 Å². The molecule has 2 unspecified atom stereocenters. The van der Waals surface area contributed by atoms with Crippen LogP contribution in [0.2, 0.25) is 5.02 Å². The molecule has 30 heavy (non-hydrogen) atoms. The highest BCUT2D eigenvalue weighted by Crippen LogP contribution is 2.52. The molecule has 5 rings (SSSR count). The Morgan fingerprint density at radius 2 is 1.97 bits per heavy atom. The van der Waals surface area contributed by atoms with Crippen molar-refractivity contribution >= 4 is 17.5 Å². The largest absolute Gasteiger partial charge is 0.463 e. The fourth-order valence-corrected chi connectivity index (χ4v) is 5.95. The number of hydrogen-bond donors (Lipinski definition) is 0. The molecule has 2 bridgehead atoms. The molecular formula is C24H26ClN3O2. The topological polar surface area (TPSA) is 51.3 Å². The standard InChI is InChI=1S/C24H26ClN3O2/c1-23(2)12-16-13-24(3,14-23)15-27(16)22(29)20-11-18(21-9-6-10-30-21)26-28(20)19-8-5-4-7-17(19)25/h4-11,16H,12-15H2,1-3H3. The number of fused-ring (bicyclic) bond motifs is 2. The maximum atomic E-state index is 13.8. The lowest BCUT2D eigenvalue weighted by Crippen LogP contribution is -2.38. The molecule has 0 radical (unpaired) electrons. The van der Waals surface area contributed by atoms with Crippen molar-refractivity contribution < 1.29 is 9.21 Å². The normalized spacial score (nSPS) is 24.9. The highest BCUT2D eigenvalue weighted by Gasteiger charge is 2.51. The molecule has 0 N–H and O–H groups in total. The minimum Gasteiger partial charge on any atom is -0.463 e. The monoisotopic (exact) mass is 423 g/mol. The summed E-state index contributed by atoms with van der Waals surface area (Å²) in [5.41, 5.74) is 2.24. The lowest BCUT2D eigenvalue weighted by Gasteiger charge is -2.39. The average Bonchev–Trinajstić information content (AvgIpc) is 3.38. The van der Waals surface area contributed by atoms with Crippen LogP contribution in [0.1, 0.15) is 50.5 Å². The zero-order valence-corrected chi connectivity index (χ0v) is 18.3. The SMILES string of the molecule is CC1(C)CC2CC(C)(CN2C(=O)c2cc(-c3ccco3)nn2-c2ccccc2Cl)C1. The van der Waals surface area contributed by atoms with E-state index in [0.717, 1.165) is 25.8 Å². The van der Waals surface area contributed by atoms with Crippen molar-refractivity contribution in [2.45, 2.75) is 46.1 Å². The Labute approximate surface area is 181 Å². The van der Waals surface area contributed by atoms with Crippen molar-refractivity contribution in [2.75, 3.05) is 6.54 Å². The van der Waals surface area contributed by atoms with Crippen LogP contribution in [0, 0.1) is 10.8 Å². The Hall–Kier alpha value is -2.53. The molecule has 1 saturated heterocycles. The summed E-state index contributed by atoms with van der Waals surface area (Å²) < 4.78 is 7.20. The summed E-state index contributed by atoms with van der Waals surface area (Å²) in [4.78, 5) is 15.9. The first-order valence-electron chi connectivity index (χ1n) is 10.4. The average molecular weight is 424 g/mol. The summed E-state index contributed by atoms with van der Waals surface area (Å²) in [5, 5.41) is 5.25. The Kier molecular flexibility index (Phi) is 4.37. The van der Waals surface area contributed by atoms with E-state index >= 15 is 0 Å². The second-order valence-corrected chi connectivity index (χ2v) is 10.3. The van der Waals surface area contributed by atoms with E-state index in [4.69, 9.17) is 21.1 Å². The van der Waals surface area contributed by atoms with Crippen LogP contribution in [0.4, 0.5) is 0 Å². The predicted octanol–water partition coefficient (Wildman–Crippen LogP) is 5.83. The molecule has 3 aromatic rings. The van der Waals surface area contributed by atoms with E-state index in [-0.39, 0.29) is 22.8 Å². The maximum Gasteiger partial charge on any atom is 0.272 e. The quantitative estimate of drug-likeness (QED) is 0.532. The van der Waals surface area contributed by atoms with Crippen LogP contribution in [0.15, 0.2) is 53.1 Å². The Balaban J connectivity index is 1.58. The first-order chi connectivity index (χ1) is 14.2. The van der Waals surface area contributed by atoms with Gasteiger partial charge in [0, 0.05) is 18.7 Å². The number of aromatic nitrogens is 2. The first kappa shape index (κ1) is 19.4. The van der Waals surface area contributed by atoms with Gasteiger partial charge in [-0.25, -0.2) is 4.68 Å². The minimum atomic E-state index is 0.00616. The Morgan fingerprint density at radius 3 is 2.70 bits per heavy atom. The number of carbonyl (C=O) groups is 1. The number of hydrogen-bond acceptors (Lipinski definition) is 3. The number of likely N-dealkylation sites (tertiary alicyclic amines) is 1. The molecule has 2 fully saturated rings. The smallest absolute Gasteiger partial charge is 0.272 e. The fourth-order valence-electron chi connectivity index (χ4n) is 5.73. The minimum absolute atomic E-state index is 0.00616.